The first-order chi connectivity index (χ1) is 9.19. The molecule has 1 atom stereocenters. The van der Waals surface area contributed by atoms with Crippen molar-refractivity contribution in [3.8, 4) is 0 Å². The van der Waals surface area contributed by atoms with Gasteiger partial charge in [-0.1, -0.05) is 30.0 Å². The molecule has 0 fully saturated rings. The summed E-state index contributed by atoms with van der Waals surface area (Å²) in [4.78, 5) is 16.1. The van der Waals surface area contributed by atoms with Crippen molar-refractivity contribution in [2.45, 2.75) is 22.9 Å². The number of aromatic nitrogens is 3. The van der Waals surface area contributed by atoms with Crippen LogP contribution in [0.5, 0.6) is 0 Å². The van der Waals surface area contributed by atoms with Gasteiger partial charge in [-0.05, 0) is 18.6 Å². The van der Waals surface area contributed by atoms with Crippen LogP contribution in [0.15, 0.2) is 28.9 Å². The van der Waals surface area contributed by atoms with Gasteiger partial charge >= 0.3 is 0 Å². The molecule has 2 aromatic heterocycles. The van der Waals surface area contributed by atoms with Crippen molar-refractivity contribution in [1.29, 1.82) is 0 Å². The lowest BCUT2D eigenvalue weighted by Gasteiger charge is -2.12. The maximum Gasteiger partial charge on any atom is 0.237 e. The molecule has 0 radical (unpaired) electrons. The zero-order chi connectivity index (χ0) is 13.7. The number of nitrogen functional groups attached to an aromatic ring is 1. The molecule has 2 heterocycles. The molecule has 6 nitrogen and oxygen atoms in total. The van der Waals surface area contributed by atoms with E-state index in [0.29, 0.717) is 21.6 Å². The fourth-order valence-electron chi connectivity index (χ4n) is 1.37. The van der Waals surface area contributed by atoms with Gasteiger partial charge in [0.1, 0.15) is 0 Å². The highest BCUT2D eigenvalue weighted by atomic mass is 32.2. The molecular formula is C11H13N5OS2. The van der Waals surface area contributed by atoms with Gasteiger partial charge in [0.05, 0.1) is 17.1 Å². The summed E-state index contributed by atoms with van der Waals surface area (Å²) in [6.07, 6.45) is 3.96. The van der Waals surface area contributed by atoms with E-state index in [-0.39, 0.29) is 11.2 Å². The van der Waals surface area contributed by atoms with Crippen molar-refractivity contribution in [2.75, 3.05) is 11.1 Å². The van der Waals surface area contributed by atoms with Crippen molar-refractivity contribution < 1.29 is 4.79 Å². The van der Waals surface area contributed by atoms with Gasteiger partial charge in [0.25, 0.3) is 0 Å². The Kier molecular flexibility index (Phi) is 4.69. The molecule has 3 N–H and O–H groups in total. The van der Waals surface area contributed by atoms with Crippen molar-refractivity contribution in [1.82, 2.24) is 15.2 Å². The van der Waals surface area contributed by atoms with Crippen LogP contribution in [0.1, 0.15) is 13.3 Å². The van der Waals surface area contributed by atoms with Crippen LogP contribution in [0.25, 0.3) is 0 Å². The fraction of sp³-hybridized carbons (Fsp3) is 0.273. The van der Waals surface area contributed by atoms with E-state index in [1.54, 1.807) is 24.5 Å². The van der Waals surface area contributed by atoms with E-state index in [1.807, 2.05) is 6.92 Å². The SMILES string of the molecule is CCC(Sc1nnc(N)s1)C(=O)Nc1cccnc1. The second-order valence-corrected chi connectivity index (χ2v) is 6.11. The van der Waals surface area contributed by atoms with Gasteiger partial charge in [0, 0.05) is 6.20 Å². The van der Waals surface area contributed by atoms with Crippen molar-refractivity contribution >= 4 is 39.8 Å². The van der Waals surface area contributed by atoms with Gasteiger partial charge in [-0.3, -0.25) is 9.78 Å². The Hall–Kier alpha value is -1.67. The molecule has 0 aliphatic heterocycles. The molecule has 1 amide bonds. The molecule has 0 aliphatic rings. The summed E-state index contributed by atoms with van der Waals surface area (Å²) in [5, 5.41) is 10.6. The first kappa shape index (κ1) is 13.8. The number of hydrogen-bond donors (Lipinski definition) is 2. The summed E-state index contributed by atoms with van der Waals surface area (Å²) in [5.74, 6) is -0.0747. The lowest BCUT2D eigenvalue weighted by atomic mass is 10.3. The molecule has 100 valence electrons. The smallest absolute Gasteiger partial charge is 0.237 e. The molecule has 1 unspecified atom stereocenters. The Bertz CT molecular complexity index is 545. The van der Waals surface area contributed by atoms with Gasteiger partial charge in [-0.25, -0.2) is 0 Å². The largest absolute Gasteiger partial charge is 0.374 e. The summed E-state index contributed by atoms with van der Waals surface area (Å²) in [7, 11) is 0. The normalized spacial score (nSPS) is 12.1. The first-order valence-corrected chi connectivity index (χ1v) is 7.35. The predicted molar refractivity (Wildman–Crippen MR) is 77.1 cm³/mol. The third-order valence-corrected chi connectivity index (χ3v) is 4.46. The zero-order valence-electron chi connectivity index (χ0n) is 10.2. The van der Waals surface area contributed by atoms with Crippen LogP contribution < -0.4 is 11.1 Å². The van der Waals surface area contributed by atoms with Crippen LogP contribution in [-0.4, -0.2) is 26.3 Å². The van der Waals surface area contributed by atoms with Crippen LogP contribution in [0, 0.1) is 0 Å². The Morgan fingerprint density at radius 1 is 1.58 bits per heavy atom. The standard InChI is InChI=1S/C11H13N5OS2/c1-2-8(18-11-16-15-10(12)19-11)9(17)14-7-4-3-5-13-6-7/h3-6,8H,2H2,1H3,(H2,12,15)(H,14,17). The summed E-state index contributed by atoms with van der Waals surface area (Å²) < 4.78 is 0.700. The number of hydrogen-bond acceptors (Lipinski definition) is 7. The first-order valence-electron chi connectivity index (χ1n) is 5.65. The molecule has 0 spiro atoms. The number of amides is 1. The van der Waals surface area contributed by atoms with Gasteiger partial charge in [0.15, 0.2) is 4.34 Å². The molecular weight excluding hydrogens is 282 g/mol. The summed E-state index contributed by atoms with van der Waals surface area (Å²) in [6, 6.07) is 3.57. The summed E-state index contributed by atoms with van der Waals surface area (Å²) in [5.41, 5.74) is 6.20. The molecule has 19 heavy (non-hydrogen) atoms. The number of nitrogens with one attached hydrogen (secondary N) is 1. The zero-order valence-corrected chi connectivity index (χ0v) is 11.9. The molecule has 0 saturated heterocycles. The van der Waals surface area contributed by atoms with Gasteiger partial charge in [0.2, 0.25) is 11.0 Å². The molecule has 8 heteroatoms. The van der Waals surface area contributed by atoms with E-state index in [9.17, 15) is 4.79 Å². The van der Waals surface area contributed by atoms with Gasteiger partial charge in [-0.15, -0.1) is 10.2 Å². The van der Waals surface area contributed by atoms with Gasteiger partial charge < -0.3 is 11.1 Å². The van der Waals surface area contributed by atoms with E-state index in [1.165, 1.54) is 23.1 Å². The maximum atomic E-state index is 12.1. The third-order valence-electron chi connectivity index (χ3n) is 2.26. The van der Waals surface area contributed by atoms with E-state index >= 15 is 0 Å². The highest BCUT2D eigenvalue weighted by molar-refractivity contribution is 8.02. The van der Waals surface area contributed by atoms with Crippen LogP contribution in [0.3, 0.4) is 0 Å². The number of nitrogens with zero attached hydrogens (tertiary/aromatic N) is 3. The van der Waals surface area contributed by atoms with Crippen LogP contribution in [0.4, 0.5) is 10.8 Å². The Labute approximate surface area is 118 Å². The quantitative estimate of drug-likeness (QED) is 0.820. The predicted octanol–water partition coefficient (Wildman–Crippen LogP) is 2.02. The highest BCUT2D eigenvalue weighted by Gasteiger charge is 2.20. The average molecular weight is 295 g/mol. The topological polar surface area (TPSA) is 93.8 Å². The summed E-state index contributed by atoms with van der Waals surface area (Å²) in [6.45, 7) is 1.95. The minimum atomic E-state index is -0.229. The van der Waals surface area contributed by atoms with Crippen LogP contribution in [-0.2, 0) is 4.79 Å². The number of thioether (sulfide) groups is 1. The third kappa shape index (κ3) is 3.90. The van der Waals surface area contributed by atoms with E-state index in [0.717, 1.165) is 0 Å². The van der Waals surface area contributed by atoms with E-state index < -0.39 is 0 Å². The molecule has 0 saturated carbocycles. The molecule has 0 aliphatic carbocycles. The number of nitrogens with two attached hydrogens (primary N) is 1. The van der Waals surface area contributed by atoms with Crippen molar-refractivity contribution in [3.63, 3.8) is 0 Å². The van der Waals surface area contributed by atoms with E-state index in [2.05, 4.69) is 20.5 Å². The van der Waals surface area contributed by atoms with Crippen molar-refractivity contribution in [2.24, 2.45) is 0 Å². The second-order valence-electron chi connectivity index (χ2n) is 3.65. The molecule has 2 aromatic rings. The fourth-order valence-corrected chi connectivity index (χ4v) is 3.17. The minimum absolute atomic E-state index is 0.0747. The van der Waals surface area contributed by atoms with Gasteiger partial charge in [-0.2, -0.15) is 0 Å². The lowest BCUT2D eigenvalue weighted by molar-refractivity contribution is -0.115. The summed E-state index contributed by atoms with van der Waals surface area (Å²) >= 11 is 2.65. The lowest BCUT2D eigenvalue weighted by Crippen LogP contribution is -2.24. The monoisotopic (exact) mass is 295 g/mol. The van der Waals surface area contributed by atoms with Crippen LogP contribution >= 0.6 is 23.1 Å². The van der Waals surface area contributed by atoms with Crippen LogP contribution in [0.2, 0.25) is 0 Å². The Morgan fingerprint density at radius 2 is 2.42 bits per heavy atom. The maximum absolute atomic E-state index is 12.1. The molecule has 2 rings (SSSR count). The van der Waals surface area contributed by atoms with E-state index in [4.69, 9.17) is 5.73 Å². The number of anilines is 2. The average Bonchev–Trinajstić information content (AvgIpc) is 2.82. The number of rotatable bonds is 5. The second kappa shape index (κ2) is 6.48. The van der Waals surface area contributed by atoms with Crippen molar-refractivity contribution in [3.05, 3.63) is 24.5 Å². The number of carbonyl (C=O) groups excluding carboxylic acids is 1. The Balaban J connectivity index is 1.99. The highest BCUT2D eigenvalue weighted by Crippen LogP contribution is 2.29. The molecule has 0 aromatic carbocycles. The number of carbonyl (C=O) groups is 1. The molecule has 0 bridgehead atoms. The number of pyridine rings is 1. The minimum Gasteiger partial charge on any atom is -0.374 e. The Morgan fingerprint density at radius 3 is 3.00 bits per heavy atom.